The summed E-state index contributed by atoms with van der Waals surface area (Å²) in [5.74, 6) is 3.04. The second-order valence-electron chi connectivity index (χ2n) is 8.13. The van der Waals surface area contributed by atoms with E-state index in [4.69, 9.17) is 38.5 Å². The molecule has 0 bridgehead atoms. The number of aromatic nitrogens is 2. The van der Waals surface area contributed by atoms with Gasteiger partial charge in [0.25, 0.3) is 0 Å². The quantitative estimate of drug-likeness (QED) is 0.655. The lowest BCUT2D eigenvalue weighted by molar-refractivity contribution is 0.122. The van der Waals surface area contributed by atoms with Crippen molar-refractivity contribution in [3.63, 3.8) is 0 Å². The van der Waals surface area contributed by atoms with Crippen molar-refractivity contribution in [3.05, 3.63) is 40.9 Å². The molecule has 2 fully saturated rings. The number of benzene rings is 1. The number of piperidine rings is 1. The molecule has 7 nitrogen and oxygen atoms in total. The van der Waals surface area contributed by atoms with E-state index in [1.54, 1.807) is 0 Å². The van der Waals surface area contributed by atoms with Gasteiger partial charge in [0.1, 0.15) is 11.6 Å². The van der Waals surface area contributed by atoms with Crippen molar-refractivity contribution in [1.82, 2.24) is 15.3 Å². The molecule has 1 aromatic carbocycles. The van der Waals surface area contributed by atoms with E-state index in [0.717, 1.165) is 48.4 Å². The molecule has 4 rings (SSSR count). The first kappa shape index (κ1) is 22.0. The lowest BCUT2D eigenvalue weighted by Crippen LogP contribution is -2.38. The Morgan fingerprint density at radius 1 is 1.13 bits per heavy atom. The van der Waals surface area contributed by atoms with E-state index < -0.39 is 0 Å². The van der Waals surface area contributed by atoms with Crippen LogP contribution in [0.2, 0.25) is 5.02 Å². The second kappa shape index (κ2) is 10.4. The van der Waals surface area contributed by atoms with Crippen LogP contribution in [0.3, 0.4) is 0 Å². The minimum absolute atomic E-state index is 0.493. The zero-order chi connectivity index (χ0) is 21.6. The molecule has 0 saturated carbocycles. The highest BCUT2D eigenvalue weighted by atomic mass is 35.5. The minimum atomic E-state index is 0.493. The number of nitrogens with zero attached hydrogens (tertiary/aromatic N) is 4. The number of hydrogen-bond donors (Lipinski definition) is 2. The molecule has 0 unspecified atom stereocenters. The molecule has 1 atom stereocenters. The highest BCUT2D eigenvalue weighted by Crippen LogP contribution is 2.26. The lowest BCUT2D eigenvalue weighted by Gasteiger charge is -2.33. The molecule has 0 spiro atoms. The maximum Gasteiger partial charge on any atom is 0.232 e. The van der Waals surface area contributed by atoms with Crippen molar-refractivity contribution in [1.29, 1.82) is 0 Å². The molecule has 9 heteroatoms. The Hall–Kier alpha value is -2.16. The number of thiocarbonyl (C=S) groups is 1. The maximum absolute atomic E-state index is 5.96. The molecule has 0 amide bonds. The molecule has 1 aromatic heterocycles. The number of anilines is 3. The van der Waals surface area contributed by atoms with Crippen LogP contribution in [0.4, 0.5) is 17.6 Å². The summed E-state index contributed by atoms with van der Waals surface area (Å²) in [6.07, 6.45) is 2.45. The first-order chi connectivity index (χ1) is 15.1. The summed E-state index contributed by atoms with van der Waals surface area (Å²) in [4.78, 5) is 14.2. The Balaban J connectivity index is 1.48. The van der Waals surface area contributed by atoms with Gasteiger partial charge in [-0.2, -0.15) is 9.97 Å². The molecule has 2 aromatic rings. The fraction of sp³-hybridized carbons (Fsp3) is 0.500. The standard InChI is InChI=1S/C22H29ClN6OS/c1-16-3-2-8-29(15-16)20-13-19(28-9-11-30-12-10-28)25-21(26-20)27-22(31)24-14-17-4-6-18(23)7-5-17/h4-7,13,16H,2-3,8-12,14-15H2,1H3,(H2,24,25,26,27,31)/t16-/m0/s1. The van der Waals surface area contributed by atoms with Crippen LogP contribution in [-0.2, 0) is 11.3 Å². The van der Waals surface area contributed by atoms with Gasteiger partial charge in [0.2, 0.25) is 5.95 Å². The van der Waals surface area contributed by atoms with Crippen molar-refractivity contribution in [2.24, 2.45) is 5.92 Å². The zero-order valence-electron chi connectivity index (χ0n) is 17.8. The molecule has 31 heavy (non-hydrogen) atoms. The Labute approximate surface area is 194 Å². The molecule has 2 N–H and O–H groups in total. The van der Waals surface area contributed by atoms with Gasteiger partial charge in [-0.3, -0.25) is 0 Å². The molecule has 2 aliphatic rings. The normalized spacial score (nSPS) is 19.2. The Bertz CT molecular complexity index is 890. The summed E-state index contributed by atoms with van der Waals surface area (Å²) >= 11 is 11.5. The fourth-order valence-corrected chi connectivity index (χ4v) is 4.21. The van der Waals surface area contributed by atoms with Crippen molar-refractivity contribution >= 4 is 46.5 Å². The predicted molar refractivity (Wildman–Crippen MR) is 130 cm³/mol. The maximum atomic E-state index is 5.96. The lowest BCUT2D eigenvalue weighted by atomic mass is 10.0. The predicted octanol–water partition coefficient (Wildman–Crippen LogP) is 3.69. The largest absolute Gasteiger partial charge is 0.378 e. The summed E-state index contributed by atoms with van der Waals surface area (Å²) in [6.45, 7) is 8.00. The minimum Gasteiger partial charge on any atom is -0.378 e. The van der Waals surface area contributed by atoms with Crippen molar-refractivity contribution in [3.8, 4) is 0 Å². The van der Waals surface area contributed by atoms with Gasteiger partial charge in [0.05, 0.1) is 13.2 Å². The summed E-state index contributed by atoms with van der Waals surface area (Å²) in [7, 11) is 0. The first-order valence-corrected chi connectivity index (χ1v) is 11.6. The number of rotatable bonds is 5. The van der Waals surface area contributed by atoms with Crippen LogP contribution in [0.15, 0.2) is 30.3 Å². The van der Waals surface area contributed by atoms with Gasteiger partial charge in [-0.15, -0.1) is 0 Å². The van der Waals surface area contributed by atoms with E-state index in [1.807, 2.05) is 24.3 Å². The van der Waals surface area contributed by atoms with Crippen molar-refractivity contribution < 1.29 is 4.74 Å². The molecule has 3 heterocycles. The van der Waals surface area contributed by atoms with Gasteiger partial charge in [0, 0.05) is 43.8 Å². The third kappa shape index (κ3) is 6.18. The summed E-state index contributed by atoms with van der Waals surface area (Å²) in [5, 5.41) is 7.62. The van der Waals surface area contributed by atoms with Crippen LogP contribution in [-0.4, -0.2) is 54.5 Å². The molecule has 0 aliphatic carbocycles. The fourth-order valence-electron chi connectivity index (χ4n) is 3.92. The van der Waals surface area contributed by atoms with Crippen LogP contribution >= 0.6 is 23.8 Å². The van der Waals surface area contributed by atoms with Crippen LogP contribution in [0.1, 0.15) is 25.3 Å². The average Bonchev–Trinajstić information content (AvgIpc) is 2.79. The van der Waals surface area contributed by atoms with Gasteiger partial charge in [-0.25, -0.2) is 0 Å². The van der Waals surface area contributed by atoms with E-state index in [2.05, 4.69) is 33.4 Å². The number of morpholine rings is 1. The van der Waals surface area contributed by atoms with Gasteiger partial charge in [-0.05, 0) is 48.7 Å². The van der Waals surface area contributed by atoms with Crippen LogP contribution in [0.5, 0.6) is 0 Å². The Morgan fingerprint density at radius 2 is 1.84 bits per heavy atom. The SMILES string of the molecule is C[C@H]1CCCN(c2cc(N3CCOCC3)nc(NC(=S)NCc3ccc(Cl)cc3)n2)C1. The van der Waals surface area contributed by atoms with Crippen molar-refractivity contribution in [2.75, 3.05) is 54.5 Å². The van der Waals surface area contributed by atoms with Crippen LogP contribution in [0.25, 0.3) is 0 Å². The van der Waals surface area contributed by atoms with Gasteiger partial charge < -0.3 is 25.2 Å². The summed E-state index contributed by atoms with van der Waals surface area (Å²) in [6, 6.07) is 9.79. The van der Waals surface area contributed by atoms with E-state index >= 15 is 0 Å². The highest BCUT2D eigenvalue weighted by Gasteiger charge is 2.21. The third-order valence-electron chi connectivity index (χ3n) is 5.61. The monoisotopic (exact) mass is 460 g/mol. The topological polar surface area (TPSA) is 65.6 Å². The molecule has 166 valence electrons. The molecule has 2 aliphatic heterocycles. The van der Waals surface area contributed by atoms with Crippen LogP contribution < -0.4 is 20.4 Å². The van der Waals surface area contributed by atoms with Crippen molar-refractivity contribution in [2.45, 2.75) is 26.3 Å². The van der Waals surface area contributed by atoms with Crippen LogP contribution in [0, 0.1) is 5.92 Å². The molecular formula is C22H29ClN6OS. The van der Waals surface area contributed by atoms with E-state index in [-0.39, 0.29) is 0 Å². The van der Waals surface area contributed by atoms with E-state index in [0.29, 0.717) is 36.7 Å². The number of hydrogen-bond acceptors (Lipinski definition) is 6. The smallest absolute Gasteiger partial charge is 0.232 e. The second-order valence-corrected chi connectivity index (χ2v) is 8.98. The number of nitrogens with one attached hydrogen (secondary N) is 2. The van der Waals surface area contributed by atoms with Gasteiger partial charge >= 0.3 is 0 Å². The Morgan fingerprint density at radius 3 is 2.55 bits per heavy atom. The summed E-state index contributed by atoms with van der Waals surface area (Å²) < 4.78 is 5.51. The molecule has 2 saturated heterocycles. The van der Waals surface area contributed by atoms with E-state index in [9.17, 15) is 0 Å². The summed E-state index contributed by atoms with van der Waals surface area (Å²) in [5.41, 5.74) is 1.10. The third-order valence-corrected chi connectivity index (χ3v) is 6.11. The Kier molecular flexibility index (Phi) is 7.42. The zero-order valence-corrected chi connectivity index (χ0v) is 19.4. The molecule has 0 radical (unpaired) electrons. The number of ether oxygens (including phenoxy) is 1. The van der Waals surface area contributed by atoms with E-state index in [1.165, 1.54) is 12.8 Å². The number of halogens is 1. The molecular weight excluding hydrogens is 432 g/mol. The highest BCUT2D eigenvalue weighted by molar-refractivity contribution is 7.80. The average molecular weight is 461 g/mol. The van der Waals surface area contributed by atoms with Gasteiger partial charge in [-0.1, -0.05) is 30.7 Å². The van der Waals surface area contributed by atoms with Gasteiger partial charge in [0.15, 0.2) is 5.11 Å². The first-order valence-electron chi connectivity index (χ1n) is 10.8.